The molecule has 0 aliphatic carbocycles. The van der Waals surface area contributed by atoms with Crippen LogP contribution in [0.25, 0.3) is 11.0 Å². The zero-order chi connectivity index (χ0) is 16.0. The molecule has 23 heavy (non-hydrogen) atoms. The molecule has 0 saturated heterocycles. The Kier molecular flexibility index (Phi) is 3.43. The summed E-state index contributed by atoms with van der Waals surface area (Å²) < 4.78 is 0. The molecule has 0 amide bonds. The van der Waals surface area contributed by atoms with E-state index in [1.54, 1.807) is 18.5 Å². The molecule has 0 bridgehead atoms. The van der Waals surface area contributed by atoms with Gasteiger partial charge in [0.2, 0.25) is 0 Å². The summed E-state index contributed by atoms with van der Waals surface area (Å²) in [7, 11) is 0. The number of fused-ring (bicyclic) bond motifs is 2. The van der Waals surface area contributed by atoms with Gasteiger partial charge in [-0.15, -0.1) is 0 Å². The molecule has 1 aliphatic rings. The van der Waals surface area contributed by atoms with E-state index in [2.05, 4.69) is 24.8 Å². The normalized spacial score (nSPS) is 15.0. The van der Waals surface area contributed by atoms with Crippen molar-refractivity contribution in [2.45, 2.75) is 19.9 Å². The van der Waals surface area contributed by atoms with Crippen LogP contribution >= 0.6 is 11.6 Å². The molecule has 0 unspecified atom stereocenters. The molecule has 0 atom stereocenters. The Morgan fingerprint density at radius 2 is 2.35 bits per heavy atom. The Balaban J connectivity index is 1.56. The standard InChI is InChI=1S/C16H16ClN5O/c1-9-20-12-3-5-22(7-13(12)21-9)8-14(23)10-6-19-16-15(10)11(17)2-4-18-16/h2,4,6H,3,5,7-8H2,1H3,(H,18,19)(H,20,21). The molecule has 3 aromatic rings. The number of carbonyl (C=O) groups is 1. The van der Waals surface area contributed by atoms with Gasteiger partial charge in [0.25, 0.3) is 0 Å². The third kappa shape index (κ3) is 2.54. The summed E-state index contributed by atoms with van der Waals surface area (Å²) in [5.74, 6) is 0.975. The van der Waals surface area contributed by atoms with Crippen molar-refractivity contribution >= 4 is 28.4 Å². The Morgan fingerprint density at radius 1 is 1.48 bits per heavy atom. The van der Waals surface area contributed by atoms with Gasteiger partial charge in [-0.3, -0.25) is 9.69 Å². The number of nitrogens with zero attached hydrogens (tertiary/aromatic N) is 3. The third-order valence-corrected chi connectivity index (χ3v) is 4.53. The van der Waals surface area contributed by atoms with Gasteiger partial charge in [-0.25, -0.2) is 9.97 Å². The Bertz CT molecular complexity index is 897. The molecule has 3 aromatic heterocycles. The minimum absolute atomic E-state index is 0.0471. The van der Waals surface area contributed by atoms with Crippen molar-refractivity contribution < 1.29 is 4.79 Å². The zero-order valence-electron chi connectivity index (χ0n) is 12.7. The Hall–Kier alpha value is -2.18. The number of halogens is 1. The van der Waals surface area contributed by atoms with E-state index in [-0.39, 0.29) is 5.78 Å². The van der Waals surface area contributed by atoms with E-state index in [1.807, 2.05) is 6.92 Å². The van der Waals surface area contributed by atoms with Crippen LogP contribution < -0.4 is 0 Å². The van der Waals surface area contributed by atoms with Crippen LogP contribution in [0.15, 0.2) is 18.5 Å². The lowest BCUT2D eigenvalue weighted by Crippen LogP contribution is -2.34. The highest BCUT2D eigenvalue weighted by Gasteiger charge is 2.23. The maximum Gasteiger partial charge on any atom is 0.179 e. The highest BCUT2D eigenvalue weighted by Crippen LogP contribution is 2.26. The van der Waals surface area contributed by atoms with Gasteiger partial charge in [0.1, 0.15) is 11.5 Å². The summed E-state index contributed by atoms with van der Waals surface area (Å²) in [5.41, 5.74) is 3.47. The lowest BCUT2D eigenvalue weighted by molar-refractivity contribution is 0.0922. The van der Waals surface area contributed by atoms with Crippen molar-refractivity contribution in [3.8, 4) is 0 Å². The van der Waals surface area contributed by atoms with Crippen molar-refractivity contribution in [3.05, 3.63) is 46.3 Å². The average molecular weight is 330 g/mol. The fourth-order valence-corrected chi connectivity index (χ4v) is 3.40. The number of carbonyl (C=O) groups excluding carboxylic acids is 1. The van der Waals surface area contributed by atoms with E-state index in [0.29, 0.717) is 28.2 Å². The molecule has 0 radical (unpaired) electrons. The number of hydrogen-bond acceptors (Lipinski definition) is 4. The van der Waals surface area contributed by atoms with Gasteiger partial charge in [0.05, 0.1) is 23.0 Å². The molecule has 0 fully saturated rings. The first-order valence-corrected chi connectivity index (χ1v) is 7.91. The van der Waals surface area contributed by atoms with Gasteiger partial charge >= 0.3 is 0 Å². The molecule has 4 rings (SSSR count). The fraction of sp³-hybridized carbons (Fsp3) is 0.312. The van der Waals surface area contributed by atoms with Crippen LogP contribution in [0.5, 0.6) is 0 Å². The number of Topliss-reactive ketones (excluding diaryl/α,β-unsaturated/α-hetero) is 1. The molecule has 1 aliphatic heterocycles. The van der Waals surface area contributed by atoms with Crippen LogP contribution in [0.3, 0.4) is 0 Å². The average Bonchev–Trinajstić information content (AvgIpc) is 3.10. The predicted octanol–water partition coefficient (Wildman–Crippen LogP) is 2.49. The minimum Gasteiger partial charge on any atom is -0.345 e. The molecule has 2 N–H and O–H groups in total. The number of nitrogens with one attached hydrogen (secondary N) is 2. The van der Waals surface area contributed by atoms with E-state index in [4.69, 9.17) is 11.6 Å². The number of ketones is 1. The summed E-state index contributed by atoms with van der Waals surface area (Å²) in [6.07, 6.45) is 4.19. The van der Waals surface area contributed by atoms with Crippen molar-refractivity contribution in [1.29, 1.82) is 0 Å². The number of aryl methyl sites for hydroxylation is 1. The SMILES string of the molecule is Cc1nc2c([nH]1)CN(CC(=O)c1c[nH]c3nccc(Cl)c13)CC2. The van der Waals surface area contributed by atoms with Crippen LogP contribution in [-0.4, -0.2) is 43.7 Å². The highest BCUT2D eigenvalue weighted by molar-refractivity contribution is 6.36. The van der Waals surface area contributed by atoms with Gasteiger partial charge in [-0.2, -0.15) is 0 Å². The predicted molar refractivity (Wildman–Crippen MR) is 87.7 cm³/mol. The monoisotopic (exact) mass is 329 g/mol. The largest absolute Gasteiger partial charge is 0.345 e. The highest BCUT2D eigenvalue weighted by atomic mass is 35.5. The molecule has 6 nitrogen and oxygen atoms in total. The van der Waals surface area contributed by atoms with Crippen LogP contribution in [0.1, 0.15) is 27.6 Å². The molecular formula is C16H16ClN5O. The lowest BCUT2D eigenvalue weighted by Gasteiger charge is -2.25. The van der Waals surface area contributed by atoms with Crippen molar-refractivity contribution in [1.82, 2.24) is 24.8 Å². The van der Waals surface area contributed by atoms with E-state index in [0.717, 1.165) is 36.7 Å². The summed E-state index contributed by atoms with van der Waals surface area (Å²) >= 11 is 6.22. The summed E-state index contributed by atoms with van der Waals surface area (Å²) in [5, 5.41) is 1.25. The molecule has 0 saturated carbocycles. The second-order valence-electron chi connectivity index (χ2n) is 5.85. The molecule has 118 valence electrons. The summed E-state index contributed by atoms with van der Waals surface area (Å²) in [6, 6.07) is 1.70. The Labute approximate surface area is 137 Å². The molecule has 4 heterocycles. The van der Waals surface area contributed by atoms with Gasteiger partial charge < -0.3 is 9.97 Å². The number of pyridine rings is 1. The van der Waals surface area contributed by atoms with Gasteiger partial charge in [-0.05, 0) is 13.0 Å². The first-order chi connectivity index (χ1) is 11.1. The number of rotatable bonds is 3. The molecule has 0 spiro atoms. The van der Waals surface area contributed by atoms with Crippen molar-refractivity contribution in [2.75, 3.05) is 13.1 Å². The quantitative estimate of drug-likeness (QED) is 0.724. The van der Waals surface area contributed by atoms with Crippen LogP contribution in [0.4, 0.5) is 0 Å². The number of H-pyrrole nitrogens is 2. The van der Waals surface area contributed by atoms with Crippen LogP contribution in [0, 0.1) is 6.92 Å². The molecular weight excluding hydrogens is 314 g/mol. The molecule has 7 heteroatoms. The second kappa shape index (κ2) is 5.47. The topological polar surface area (TPSA) is 77.7 Å². The summed E-state index contributed by atoms with van der Waals surface area (Å²) in [6.45, 7) is 3.86. The van der Waals surface area contributed by atoms with Crippen LogP contribution in [-0.2, 0) is 13.0 Å². The van der Waals surface area contributed by atoms with E-state index < -0.39 is 0 Å². The van der Waals surface area contributed by atoms with E-state index in [1.165, 1.54) is 0 Å². The Morgan fingerprint density at radius 3 is 3.22 bits per heavy atom. The van der Waals surface area contributed by atoms with Crippen molar-refractivity contribution in [3.63, 3.8) is 0 Å². The smallest absolute Gasteiger partial charge is 0.179 e. The van der Waals surface area contributed by atoms with Gasteiger partial charge in [0, 0.05) is 42.9 Å². The van der Waals surface area contributed by atoms with Gasteiger partial charge in [-0.1, -0.05) is 11.6 Å². The lowest BCUT2D eigenvalue weighted by atomic mass is 10.1. The number of aromatic nitrogens is 4. The number of hydrogen-bond donors (Lipinski definition) is 2. The van der Waals surface area contributed by atoms with E-state index >= 15 is 0 Å². The molecule has 0 aromatic carbocycles. The van der Waals surface area contributed by atoms with Gasteiger partial charge in [0.15, 0.2) is 5.78 Å². The van der Waals surface area contributed by atoms with Crippen molar-refractivity contribution in [2.24, 2.45) is 0 Å². The van der Waals surface area contributed by atoms with E-state index in [9.17, 15) is 4.79 Å². The zero-order valence-corrected chi connectivity index (χ0v) is 13.4. The maximum atomic E-state index is 12.7. The first kappa shape index (κ1) is 14.4. The number of aromatic amines is 2. The fourth-order valence-electron chi connectivity index (χ4n) is 3.15. The van der Waals surface area contributed by atoms with Crippen LogP contribution in [0.2, 0.25) is 5.02 Å². The third-order valence-electron chi connectivity index (χ3n) is 4.22. The summed E-state index contributed by atoms with van der Waals surface area (Å²) in [4.78, 5) is 29.8. The minimum atomic E-state index is 0.0471. The maximum absolute atomic E-state index is 12.7. The second-order valence-corrected chi connectivity index (χ2v) is 6.26. The number of imidazole rings is 1. The first-order valence-electron chi connectivity index (χ1n) is 7.53.